The van der Waals surface area contributed by atoms with Crippen molar-refractivity contribution in [2.24, 2.45) is 5.92 Å². The Hall–Kier alpha value is -1.60. The van der Waals surface area contributed by atoms with E-state index in [1.165, 1.54) is 12.1 Å². The smallest absolute Gasteiger partial charge is 0.264 e. The van der Waals surface area contributed by atoms with Crippen molar-refractivity contribution >= 4 is 15.9 Å². The van der Waals surface area contributed by atoms with Gasteiger partial charge in [-0.2, -0.15) is 0 Å². The van der Waals surface area contributed by atoms with E-state index in [2.05, 4.69) is 4.72 Å². The number of nitrogens with one attached hydrogen (secondary N) is 1. The van der Waals surface area contributed by atoms with Gasteiger partial charge in [0.25, 0.3) is 10.0 Å². The van der Waals surface area contributed by atoms with E-state index in [4.69, 9.17) is 9.47 Å². The normalized spacial score (nSPS) is 18.7. The molecule has 0 spiro atoms. The second-order valence-corrected chi connectivity index (χ2v) is 6.89. The molecule has 1 aliphatic heterocycles. The van der Waals surface area contributed by atoms with Crippen molar-refractivity contribution in [1.29, 1.82) is 0 Å². The fraction of sp³-hybridized carbons (Fsp3) is 0.533. The van der Waals surface area contributed by atoms with E-state index in [9.17, 15) is 13.2 Å². The van der Waals surface area contributed by atoms with E-state index in [-0.39, 0.29) is 11.5 Å². The fourth-order valence-electron chi connectivity index (χ4n) is 2.16. The molecule has 1 aromatic carbocycles. The molecule has 0 saturated carbocycles. The molecule has 0 aliphatic carbocycles. The van der Waals surface area contributed by atoms with Crippen LogP contribution in [0.15, 0.2) is 29.2 Å². The highest BCUT2D eigenvalue weighted by molar-refractivity contribution is 7.90. The molecule has 1 heterocycles. The predicted molar refractivity (Wildman–Crippen MR) is 81.1 cm³/mol. The van der Waals surface area contributed by atoms with E-state index in [0.717, 1.165) is 12.8 Å². The maximum atomic E-state index is 12.2. The molecule has 0 aromatic heterocycles. The second-order valence-electron chi connectivity index (χ2n) is 5.20. The molecule has 1 unspecified atom stereocenters. The molecule has 122 valence electrons. The van der Waals surface area contributed by atoms with Crippen LogP contribution >= 0.6 is 0 Å². The summed E-state index contributed by atoms with van der Waals surface area (Å²) in [4.78, 5) is 12.0. The summed E-state index contributed by atoms with van der Waals surface area (Å²) in [6, 6.07) is 6.02. The average molecular weight is 327 g/mol. The van der Waals surface area contributed by atoms with Crippen LogP contribution in [0.25, 0.3) is 0 Å². The number of benzene rings is 1. The van der Waals surface area contributed by atoms with Crippen molar-refractivity contribution < 1.29 is 22.7 Å². The highest BCUT2D eigenvalue weighted by atomic mass is 32.2. The first kappa shape index (κ1) is 16.8. The third-order valence-electron chi connectivity index (χ3n) is 3.37. The van der Waals surface area contributed by atoms with Crippen LogP contribution in [0.2, 0.25) is 0 Å². The van der Waals surface area contributed by atoms with Gasteiger partial charge >= 0.3 is 0 Å². The molecule has 1 fully saturated rings. The Morgan fingerprint density at radius 3 is 2.68 bits per heavy atom. The van der Waals surface area contributed by atoms with E-state index < -0.39 is 21.8 Å². The minimum absolute atomic E-state index is 0.0430. The molecule has 7 heteroatoms. The summed E-state index contributed by atoms with van der Waals surface area (Å²) in [5, 5.41) is 0. The van der Waals surface area contributed by atoms with Crippen molar-refractivity contribution in [1.82, 2.24) is 4.72 Å². The number of rotatable bonds is 6. The van der Waals surface area contributed by atoms with Gasteiger partial charge in [-0.25, -0.2) is 13.1 Å². The largest absolute Gasteiger partial charge is 0.494 e. The minimum Gasteiger partial charge on any atom is -0.494 e. The zero-order valence-corrected chi connectivity index (χ0v) is 13.4. The van der Waals surface area contributed by atoms with Gasteiger partial charge in [0.2, 0.25) is 5.91 Å². The van der Waals surface area contributed by atoms with Crippen LogP contribution < -0.4 is 9.46 Å². The minimum atomic E-state index is -3.86. The Morgan fingerprint density at radius 2 is 2.09 bits per heavy atom. The predicted octanol–water partition coefficient (Wildman–Crippen LogP) is 1.71. The van der Waals surface area contributed by atoms with Gasteiger partial charge in [0, 0.05) is 6.61 Å². The van der Waals surface area contributed by atoms with Gasteiger partial charge in [0.15, 0.2) is 0 Å². The van der Waals surface area contributed by atoms with Crippen LogP contribution in [0.3, 0.4) is 0 Å². The number of carbonyl (C=O) groups is 1. The quantitative estimate of drug-likeness (QED) is 0.860. The monoisotopic (exact) mass is 327 g/mol. The van der Waals surface area contributed by atoms with Crippen molar-refractivity contribution in [3.05, 3.63) is 24.3 Å². The van der Waals surface area contributed by atoms with Crippen LogP contribution in [0, 0.1) is 5.92 Å². The van der Waals surface area contributed by atoms with E-state index in [0.29, 0.717) is 25.4 Å². The van der Waals surface area contributed by atoms with Crippen LogP contribution in [0.4, 0.5) is 0 Å². The van der Waals surface area contributed by atoms with Gasteiger partial charge in [-0.3, -0.25) is 4.79 Å². The lowest BCUT2D eigenvalue weighted by Gasteiger charge is -2.21. The molecular weight excluding hydrogens is 306 g/mol. The molecule has 1 amide bonds. The Balaban J connectivity index is 2.01. The zero-order chi connectivity index (χ0) is 16.0. The summed E-state index contributed by atoms with van der Waals surface area (Å²) in [5.74, 6) is -0.311. The summed E-state index contributed by atoms with van der Waals surface area (Å²) in [6.45, 7) is 3.45. The second kappa shape index (κ2) is 7.60. The molecule has 1 saturated heterocycles. The molecule has 1 aromatic rings. The van der Waals surface area contributed by atoms with Gasteiger partial charge in [-0.05, 0) is 43.5 Å². The maximum Gasteiger partial charge on any atom is 0.264 e. The highest BCUT2D eigenvalue weighted by Crippen LogP contribution is 2.18. The van der Waals surface area contributed by atoms with E-state index in [1.54, 1.807) is 12.1 Å². The number of hydrogen-bond acceptors (Lipinski definition) is 5. The third-order valence-corrected chi connectivity index (χ3v) is 4.74. The highest BCUT2D eigenvalue weighted by Gasteiger charge is 2.26. The molecule has 2 rings (SSSR count). The Labute approximate surface area is 130 Å². The van der Waals surface area contributed by atoms with Gasteiger partial charge in [-0.15, -0.1) is 0 Å². The van der Waals surface area contributed by atoms with Crippen LogP contribution in [-0.2, 0) is 19.6 Å². The van der Waals surface area contributed by atoms with Crippen molar-refractivity contribution in [3.63, 3.8) is 0 Å². The molecule has 1 atom stereocenters. The lowest BCUT2D eigenvalue weighted by Crippen LogP contribution is -2.39. The standard InChI is InChI=1S/C15H21NO5S/c1-2-9-21-13-5-7-14(8-6-13)22(18,19)16-15(17)12-4-3-10-20-11-12/h5-8,12H,2-4,9-11H2,1H3,(H,16,17). The first-order chi connectivity index (χ1) is 10.5. The molecule has 1 N–H and O–H groups in total. The number of sulfonamides is 1. The van der Waals surface area contributed by atoms with Crippen LogP contribution in [-0.4, -0.2) is 34.1 Å². The van der Waals surface area contributed by atoms with Gasteiger partial charge in [-0.1, -0.05) is 6.92 Å². The number of carbonyl (C=O) groups excluding carboxylic acids is 1. The Morgan fingerprint density at radius 1 is 1.36 bits per heavy atom. The zero-order valence-electron chi connectivity index (χ0n) is 12.6. The van der Waals surface area contributed by atoms with Crippen LogP contribution in [0.1, 0.15) is 26.2 Å². The fourth-order valence-corrected chi connectivity index (χ4v) is 3.20. The lowest BCUT2D eigenvalue weighted by molar-refractivity contribution is -0.127. The molecule has 6 nitrogen and oxygen atoms in total. The summed E-state index contributed by atoms with van der Waals surface area (Å²) in [7, 11) is -3.86. The summed E-state index contributed by atoms with van der Waals surface area (Å²) in [5.41, 5.74) is 0. The third kappa shape index (κ3) is 4.45. The van der Waals surface area contributed by atoms with E-state index >= 15 is 0 Å². The summed E-state index contributed by atoms with van der Waals surface area (Å²) in [6.07, 6.45) is 2.28. The topological polar surface area (TPSA) is 81.7 Å². The van der Waals surface area contributed by atoms with E-state index in [1.807, 2.05) is 6.92 Å². The number of hydrogen-bond donors (Lipinski definition) is 1. The van der Waals surface area contributed by atoms with Gasteiger partial charge in [0.05, 0.1) is 24.0 Å². The Bertz CT molecular complexity index is 591. The first-order valence-corrected chi connectivity index (χ1v) is 8.88. The SMILES string of the molecule is CCCOc1ccc(S(=O)(=O)NC(=O)C2CCCOC2)cc1. The molecule has 0 radical (unpaired) electrons. The molecule has 0 bridgehead atoms. The summed E-state index contributed by atoms with van der Waals surface area (Å²) >= 11 is 0. The van der Waals surface area contributed by atoms with Crippen molar-refractivity contribution in [2.75, 3.05) is 19.8 Å². The van der Waals surface area contributed by atoms with Gasteiger partial charge in [0.1, 0.15) is 5.75 Å². The van der Waals surface area contributed by atoms with Gasteiger partial charge < -0.3 is 9.47 Å². The van der Waals surface area contributed by atoms with Crippen LogP contribution in [0.5, 0.6) is 5.75 Å². The maximum absolute atomic E-state index is 12.2. The summed E-state index contributed by atoms with van der Waals surface area (Å²) < 4.78 is 37.1. The number of amides is 1. The number of ether oxygens (including phenoxy) is 2. The van der Waals surface area contributed by atoms with Crippen molar-refractivity contribution in [2.45, 2.75) is 31.1 Å². The average Bonchev–Trinajstić information content (AvgIpc) is 2.53. The Kier molecular flexibility index (Phi) is 5.79. The molecule has 22 heavy (non-hydrogen) atoms. The lowest BCUT2D eigenvalue weighted by atomic mass is 10.0. The van der Waals surface area contributed by atoms with Crippen molar-refractivity contribution in [3.8, 4) is 5.75 Å². The molecular formula is C15H21NO5S. The molecule has 1 aliphatic rings. The first-order valence-electron chi connectivity index (χ1n) is 7.40.